The fourth-order valence-electron chi connectivity index (χ4n) is 2.01. The predicted octanol–water partition coefficient (Wildman–Crippen LogP) is 3.59. The van der Waals surface area contributed by atoms with Gasteiger partial charge in [-0.2, -0.15) is 0 Å². The van der Waals surface area contributed by atoms with E-state index in [0.717, 1.165) is 28.5 Å². The van der Waals surface area contributed by atoms with Crippen LogP contribution in [0.25, 0.3) is 0 Å². The molecule has 0 bridgehead atoms. The van der Waals surface area contributed by atoms with Crippen LogP contribution < -0.4 is 9.47 Å². The zero-order valence-corrected chi connectivity index (χ0v) is 11.9. The van der Waals surface area contributed by atoms with Crippen molar-refractivity contribution in [1.29, 1.82) is 0 Å². The molecule has 0 fully saturated rings. The molecule has 3 heteroatoms. The Hall–Kier alpha value is -2.03. The van der Waals surface area contributed by atoms with Gasteiger partial charge in [0.2, 0.25) is 0 Å². The number of hydrogen-bond acceptors (Lipinski definition) is 3. The molecule has 0 aliphatic heterocycles. The molecule has 0 amide bonds. The van der Waals surface area contributed by atoms with Crippen molar-refractivity contribution in [2.45, 2.75) is 27.4 Å². The zero-order valence-electron chi connectivity index (χ0n) is 11.9. The smallest absolute Gasteiger partial charge is 0.130 e. The molecule has 0 N–H and O–H groups in total. The molecular formula is C16H19NO2. The Bertz CT molecular complexity index is 579. The molecule has 0 saturated carbocycles. The van der Waals surface area contributed by atoms with E-state index in [1.165, 1.54) is 5.56 Å². The highest BCUT2D eigenvalue weighted by molar-refractivity contribution is 5.36. The fourth-order valence-corrected chi connectivity index (χ4v) is 2.01. The Balaban J connectivity index is 2.12. The van der Waals surface area contributed by atoms with Crippen LogP contribution in [-0.2, 0) is 6.61 Å². The van der Waals surface area contributed by atoms with Gasteiger partial charge in [-0.05, 0) is 32.4 Å². The van der Waals surface area contributed by atoms with E-state index < -0.39 is 0 Å². The van der Waals surface area contributed by atoms with Gasteiger partial charge in [-0.15, -0.1) is 0 Å². The third-order valence-electron chi connectivity index (χ3n) is 2.92. The molecule has 2 aromatic rings. The second-order valence-corrected chi connectivity index (χ2v) is 4.70. The van der Waals surface area contributed by atoms with E-state index in [9.17, 15) is 0 Å². The maximum Gasteiger partial charge on any atom is 0.130 e. The summed E-state index contributed by atoms with van der Waals surface area (Å²) in [4.78, 5) is 4.44. The predicted molar refractivity (Wildman–Crippen MR) is 75.8 cm³/mol. The first-order valence-electron chi connectivity index (χ1n) is 6.30. The number of nitrogens with zero attached hydrogens (tertiary/aromatic N) is 1. The molecule has 100 valence electrons. The van der Waals surface area contributed by atoms with Crippen LogP contribution in [-0.4, -0.2) is 12.1 Å². The van der Waals surface area contributed by atoms with Crippen LogP contribution in [0.1, 0.15) is 22.5 Å². The van der Waals surface area contributed by atoms with Crippen molar-refractivity contribution in [2.75, 3.05) is 7.11 Å². The summed E-state index contributed by atoms with van der Waals surface area (Å²) in [6, 6.07) is 9.96. The number of aryl methyl sites for hydroxylation is 3. The Labute approximate surface area is 114 Å². The molecule has 0 unspecified atom stereocenters. The van der Waals surface area contributed by atoms with Crippen LogP contribution >= 0.6 is 0 Å². The standard InChI is InChI=1S/C16H19NO2/c1-11-5-6-16(12(2)7-11)19-10-14-9-15(18-4)8-13(3)17-14/h5-9H,10H2,1-4H3. The Morgan fingerprint density at radius 1 is 1.05 bits per heavy atom. The minimum atomic E-state index is 0.446. The molecule has 0 saturated heterocycles. The lowest BCUT2D eigenvalue weighted by Gasteiger charge is -2.10. The summed E-state index contributed by atoms with van der Waals surface area (Å²) in [5, 5.41) is 0. The molecule has 0 radical (unpaired) electrons. The van der Waals surface area contributed by atoms with Crippen molar-refractivity contribution >= 4 is 0 Å². The van der Waals surface area contributed by atoms with Crippen molar-refractivity contribution in [2.24, 2.45) is 0 Å². The van der Waals surface area contributed by atoms with Crippen molar-refractivity contribution in [3.63, 3.8) is 0 Å². The summed E-state index contributed by atoms with van der Waals surface area (Å²) in [5.74, 6) is 1.71. The summed E-state index contributed by atoms with van der Waals surface area (Å²) in [5.41, 5.74) is 4.18. The Kier molecular flexibility index (Phi) is 4.05. The van der Waals surface area contributed by atoms with Gasteiger partial charge in [0.05, 0.1) is 12.8 Å². The van der Waals surface area contributed by atoms with Gasteiger partial charge in [-0.1, -0.05) is 17.7 Å². The first-order valence-corrected chi connectivity index (χ1v) is 6.30. The number of methoxy groups -OCH3 is 1. The summed E-state index contributed by atoms with van der Waals surface area (Å²) in [6.45, 7) is 6.52. The highest BCUT2D eigenvalue weighted by Crippen LogP contribution is 2.21. The Morgan fingerprint density at radius 3 is 2.53 bits per heavy atom. The van der Waals surface area contributed by atoms with Gasteiger partial charge >= 0.3 is 0 Å². The highest BCUT2D eigenvalue weighted by atomic mass is 16.5. The van der Waals surface area contributed by atoms with Crippen LogP contribution in [0.4, 0.5) is 0 Å². The van der Waals surface area contributed by atoms with E-state index in [1.807, 2.05) is 38.1 Å². The number of aromatic nitrogens is 1. The van der Waals surface area contributed by atoms with Crippen molar-refractivity contribution in [1.82, 2.24) is 4.98 Å². The van der Waals surface area contributed by atoms with Crippen molar-refractivity contribution < 1.29 is 9.47 Å². The minimum absolute atomic E-state index is 0.446. The largest absolute Gasteiger partial charge is 0.497 e. The first-order chi connectivity index (χ1) is 9.08. The quantitative estimate of drug-likeness (QED) is 0.838. The third kappa shape index (κ3) is 3.47. The third-order valence-corrected chi connectivity index (χ3v) is 2.92. The van der Waals surface area contributed by atoms with E-state index in [0.29, 0.717) is 6.61 Å². The van der Waals surface area contributed by atoms with Gasteiger partial charge in [-0.3, -0.25) is 4.98 Å². The molecule has 19 heavy (non-hydrogen) atoms. The van der Waals surface area contributed by atoms with E-state index in [2.05, 4.69) is 18.0 Å². The summed E-state index contributed by atoms with van der Waals surface area (Å²) in [6.07, 6.45) is 0. The van der Waals surface area contributed by atoms with E-state index in [4.69, 9.17) is 9.47 Å². The fraction of sp³-hybridized carbons (Fsp3) is 0.312. The van der Waals surface area contributed by atoms with Gasteiger partial charge in [0, 0.05) is 17.8 Å². The molecular weight excluding hydrogens is 238 g/mol. The van der Waals surface area contributed by atoms with Crippen molar-refractivity contribution in [3.05, 3.63) is 52.8 Å². The van der Waals surface area contributed by atoms with Gasteiger partial charge in [0.1, 0.15) is 18.1 Å². The van der Waals surface area contributed by atoms with Crippen LogP contribution in [0.15, 0.2) is 30.3 Å². The van der Waals surface area contributed by atoms with E-state index in [1.54, 1.807) is 7.11 Å². The van der Waals surface area contributed by atoms with Crippen LogP contribution in [0.5, 0.6) is 11.5 Å². The molecule has 1 aromatic carbocycles. The summed E-state index contributed by atoms with van der Waals surface area (Å²) >= 11 is 0. The van der Waals surface area contributed by atoms with Gasteiger partial charge in [0.25, 0.3) is 0 Å². The number of ether oxygens (including phenoxy) is 2. The SMILES string of the molecule is COc1cc(C)nc(COc2ccc(C)cc2C)c1. The monoisotopic (exact) mass is 257 g/mol. The summed E-state index contributed by atoms with van der Waals surface area (Å²) < 4.78 is 11.0. The average molecular weight is 257 g/mol. The van der Waals surface area contributed by atoms with Crippen LogP contribution in [0, 0.1) is 20.8 Å². The average Bonchev–Trinajstić information content (AvgIpc) is 2.37. The molecule has 3 nitrogen and oxygen atoms in total. The summed E-state index contributed by atoms with van der Waals surface area (Å²) in [7, 11) is 1.66. The molecule has 0 spiro atoms. The number of benzene rings is 1. The second-order valence-electron chi connectivity index (χ2n) is 4.70. The lowest BCUT2D eigenvalue weighted by atomic mass is 10.1. The minimum Gasteiger partial charge on any atom is -0.497 e. The second kappa shape index (κ2) is 5.74. The maximum absolute atomic E-state index is 5.81. The Morgan fingerprint density at radius 2 is 1.84 bits per heavy atom. The normalized spacial score (nSPS) is 10.3. The molecule has 2 rings (SSSR count). The molecule has 0 atom stereocenters. The molecule has 0 aliphatic carbocycles. The lowest BCUT2D eigenvalue weighted by molar-refractivity contribution is 0.297. The highest BCUT2D eigenvalue weighted by Gasteiger charge is 2.04. The van der Waals surface area contributed by atoms with E-state index in [-0.39, 0.29) is 0 Å². The van der Waals surface area contributed by atoms with Gasteiger partial charge < -0.3 is 9.47 Å². The number of pyridine rings is 1. The maximum atomic E-state index is 5.81. The van der Waals surface area contributed by atoms with Gasteiger partial charge in [-0.25, -0.2) is 0 Å². The number of hydrogen-bond donors (Lipinski definition) is 0. The zero-order chi connectivity index (χ0) is 13.8. The molecule has 1 heterocycles. The molecule has 1 aromatic heterocycles. The van der Waals surface area contributed by atoms with E-state index >= 15 is 0 Å². The first kappa shape index (κ1) is 13.4. The lowest BCUT2D eigenvalue weighted by Crippen LogP contribution is -2.01. The topological polar surface area (TPSA) is 31.4 Å². The number of rotatable bonds is 4. The van der Waals surface area contributed by atoms with Gasteiger partial charge in [0.15, 0.2) is 0 Å². The van der Waals surface area contributed by atoms with Crippen molar-refractivity contribution in [3.8, 4) is 11.5 Å². The van der Waals surface area contributed by atoms with Crippen LogP contribution in [0.3, 0.4) is 0 Å². The van der Waals surface area contributed by atoms with Crippen LogP contribution in [0.2, 0.25) is 0 Å². The molecule has 0 aliphatic rings.